The number of nitrogens with two attached hydrogens (primary N) is 1. The first-order valence-corrected chi connectivity index (χ1v) is 7.83. The molecule has 1 heterocycles. The lowest BCUT2D eigenvalue weighted by Gasteiger charge is -2.07. The standard InChI is InChI=1S/C12H13N5O3S2/c1-20-8-4-2-7(3-5-8)14-11(19)15-9(18)6-21-12-17-16-10(13)22-12/h2-5H,6H2,1H3,(H2,13,16)(H2,14,15,18,19). The third kappa shape index (κ3) is 4.90. The van der Waals surface area contributed by atoms with Gasteiger partial charge in [-0.15, -0.1) is 10.2 Å². The van der Waals surface area contributed by atoms with Crippen LogP contribution in [0.2, 0.25) is 0 Å². The van der Waals surface area contributed by atoms with Crippen molar-refractivity contribution in [2.45, 2.75) is 4.34 Å². The molecule has 0 radical (unpaired) electrons. The molecule has 116 valence electrons. The highest BCUT2D eigenvalue weighted by Gasteiger charge is 2.10. The summed E-state index contributed by atoms with van der Waals surface area (Å²) < 4.78 is 5.58. The summed E-state index contributed by atoms with van der Waals surface area (Å²) >= 11 is 2.34. The minimum Gasteiger partial charge on any atom is -0.497 e. The average Bonchev–Trinajstić information content (AvgIpc) is 2.91. The summed E-state index contributed by atoms with van der Waals surface area (Å²) in [6.45, 7) is 0. The maximum absolute atomic E-state index is 11.7. The lowest BCUT2D eigenvalue weighted by atomic mass is 10.3. The minimum atomic E-state index is -0.604. The van der Waals surface area contributed by atoms with Crippen molar-refractivity contribution in [2.75, 3.05) is 23.9 Å². The van der Waals surface area contributed by atoms with Crippen LogP contribution in [0, 0.1) is 0 Å². The molecular weight excluding hydrogens is 326 g/mol. The van der Waals surface area contributed by atoms with Crippen LogP contribution in [0.25, 0.3) is 0 Å². The lowest BCUT2D eigenvalue weighted by Crippen LogP contribution is -2.35. The van der Waals surface area contributed by atoms with E-state index < -0.39 is 11.9 Å². The molecule has 1 aromatic carbocycles. The highest BCUT2D eigenvalue weighted by atomic mass is 32.2. The molecule has 3 amide bonds. The van der Waals surface area contributed by atoms with Crippen molar-refractivity contribution in [1.82, 2.24) is 15.5 Å². The van der Waals surface area contributed by atoms with Crippen LogP contribution in [0.3, 0.4) is 0 Å². The van der Waals surface area contributed by atoms with Gasteiger partial charge in [0.15, 0.2) is 4.34 Å². The molecule has 0 saturated carbocycles. The number of carbonyl (C=O) groups is 2. The Morgan fingerprint density at radius 2 is 2.05 bits per heavy atom. The van der Waals surface area contributed by atoms with Gasteiger partial charge in [-0.2, -0.15) is 0 Å². The predicted molar refractivity (Wildman–Crippen MR) is 85.2 cm³/mol. The number of amides is 3. The average molecular weight is 339 g/mol. The Morgan fingerprint density at radius 1 is 1.32 bits per heavy atom. The zero-order chi connectivity index (χ0) is 15.9. The van der Waals surface area contributed by atoms with Gasteiger partial charge in [-0.25, -0.2) is 4.79 Å². The number of methoxy groups -OCH3 is 1. The fourth-order valence-electron chi connectivity index (χ4n) is 1.41. The van der Waals surface area contributed by atoms with Crippen LogP contribution in [-0.2, 0) is 4.79 Å². The van der Waals surface area contributed by atoms with Crippen LogP contribution in [0.5, 0.6) is 5.75 Å². The van der Waals surface area contributed by atoms with Gasteiger partial charge in [-0.05, 0) is 24.3 Å². The molecule has 4 N–H and O–H groups in total. The summed E-state index contributed by atoms with van der Waals surface area (Å²) in [6.07, 6.45) is 0. The van der Waals surface area contributed by atoms with Crippen LogP contribution in [0.1, 0.15) is 0 Å². The molecule has 1 aromatic heterocycles. The van der Waals surface area contributed by atoms with E-state index in [1.54, 1.807) is 31.4 Å². The highest BCUT2D eigenvalue weighted by molar-refractivity contribution is 8.01. The number of carbonyl (C=O) groups excluding carboxylic acids is 2. The zero-order valence-electron chi connectivity index (χ0n) is 11.5. The number of imide groups is 1. The van der Waals surface area contributed by atoms with Crippen LogP contribution >= 0.6 is 23.1 Å². The van der Waals surface area contributed by atoms with Gasteiger partial charge in [-0.3, -0.25) is 10.1 Å². The summed E-state index contributed by atoms with van der Waals surface area (Å²) in [5.74, 6) is 0.282. The van der Waals surface area contributed by atoms with E-state index in [4.69, 9.17) is 10.5 Å². The molecule has 22 heavy (non-hydrogen) atoms. The van der Waals surface area contributed by atoms with Crippen molar-refractivity contribution in [2.24, 2.45) is 0 Å². The second-order valence-corrected chi connectivity index (χ2v) is 6.16. The number of ether oxygens (including phenoxy) is 1. The van der Waals surface area contributed by atoms with E-state index in [9.17, 15) is 9.59 Å². The summed E-state index contributed by atoms with van der Waals surface area (Å²) in [5, 5.41) is 12.5. The number of urea groups is 1. The first-order valence-electron chi connectivity index (χ1n) is 6.03. The maximum atomic E-state index is 11.7. The van der Waals surface area contributed by atoms with Gasteiger partial charge in [0.2, 0.25) is 11.0 Å². The summed E-state index contributed by atoms with van der Waals surface area (Å²) in [4.78, 5) is 23.3. The topological polar surface area (TPSA) is 119 Å². The van der Waals surface area contributed by atoms with Crippen molar-refractivity contribution in [3.8, 4) is 5.75 Å². The van der Waals surface area contributed by atoms with E-state index in [1.165, 1.54) is 11.3 Å². The second kappa shape index (κ2) is 7.61. The van der Waals surface area contributed by atoms with E-state index >= 15 is 0 Å². The number of hydrogen-bond acceptors (Lipinski definition) is 8. The van der Waals surface area contributed by atoms with Crippen molar-refractivity contribution >= 4 is 45.9 Å². The Hall–Kier alpha value is -2.33. The fourth-order valence-corrected chi connectivity index (χ4v) is 2.84. The number of nitrogen functional groups attached to an aromatic ring is 1. The molecule has 2 rings (SSSR count). The third-order valence-corrected chi connectivity index (χ3v) is 4.24. The summed E-state index contributed by atoms with van der Waals surface area (Å²) in [7, 11) is 1.55. The smallest absolute Gasteiger partial charge is 0.325 e. The van der Waals surface area contributed by atoms with Crippen molar-refractivity contribution in [3.63, 3.8) is 0 Å². The molecule has 0 saturated heterocycles. The Bertz CT molecular complexity index is 659. The Labute approximate surface area is 134 Å². The third-order valence-electron chi connectivity index (χ3n) is 2.35. The van der Waals surface area contributed by atoms with E-state index in [-0.39, 0.29) is 5.75 Å². The normalized spacial score (nSPS) is 10.0. The Balaban J connectivity index is 1.76. The van der Waals surface area contributed by atoms with Gasteiger partial charge in [0.1, 0.15) is 5.75 Å². The van der Waals surface area contributed by atoms with Gasteiger partial charge in [0.25, 0.3) is 0 Å². The van der Waals surface area contributed by atoms with E-state index in [0.717, 1.165) is 11.8 Å². The number of nitrogens with zero attached hydrogens (tertiary/aromatic N) is 2. The van der Waals surface area contributed by atoms with Crippen molar-refractivity contribution < 1.29 is 14.3 Å². The molecule has 8 nitrogen and oxygen atoms in total. The summed E-state index contributed by atoms with van der Waals surface area (Å²) in [5.41, 5.74) is 5.98. The largest absolute Gasteiger partial charge is 0.497 e. The molecule has 0 spiro atoms. The lowest BCUT2D eigenvalue weighted by molar-refractivity contribution is -0.117. The quantitative estimate of drug-likeness (QED) is 0.707. The zero-order valence-corrected chi connectivity index (χ0v) is 13.2. The fraction of sp³-hybridized carbons (Fsp3) is 0.167. The Kier molecular flexibility index (Phi) is 5.55. The number of rotatable bonds is 5. The molecule has 0 atom stereocenters. The van der Waals surface area contributed by atoms with Crippen LogP contribution in [0.4, 0.5) is 15.6 Å². The van der Waals surface area contributed by atoms with Crippen LogP contribution < -0.4 is 21.1 Å². The van der Waals surface area contributed by atoms with Gasteiger partial charge in [0, 0.05) is 5.69 Å². The number of benzene rings is 1. The van der Waals surface area contributed by atoms with Gasteiger partial charge in [0.05, 0.1) is 12.9 Å². The molecule has 0 unspecified atom stereocenters. The van der Waals surface area contributed by atoms with Gasteiger partial charge in [-0.1, -0.05) is 23.1 Å². The van der Waals surface area contributed by atoms with Crippen molar-refractivity contribution in [3.05, 3.63) is 24.3 Å². The second-order valence-electron chi connectivity index (χ2n) is 3.93. The molecule has 10 heteroatoms. The molecule has 0 aliphatic carbocycles. The van der Waals surface area contributed by atoms with E-state index in [1.807, 2.05) is 0 Å². The van der Waals surface area contributed by atoms with E-state index in [0.29, 0.717) is 20.9 Å². The highest BCUT2D eigenvalue weighted by Crippen LogP contribution is 2.23. The van der Waals surface area contributed by atoms with Gasteiger partial charge < -0.3 is 15.8 Å². The van der Waals surface area contributed by atoms with Gasteiger partial charge >= 0.3 is 6.03 Å². The first kappa shape index (κ1) is 16.0. The number of thioether (sulfide) groups is 1. The van der Waals surface area contributed by atoms with E-state index in [2.05, 4.69) is 20.8 Å². The molecule has 0 fully saturated rings. The first-order chi connectivity index (χ1) is 10.6. The number of hydrogen-bond donors (Lipinski definition) is 3. The minimum absolute atomic E-state index is 0.0463. The van der Waals surface area contributed by atoms with Crippen LogP contribution in [0.15, 0.2) is 28.6 Å². The SMILES string of the molecule is COc1ccc(NC(=O)NC(=O)CSc2nnc(N)s2)cc1. The monoisotopic (exact) mass is 339 g/mol. The maximum Gasteiger partial charge on any atom is 0.325 e. The Morgan fingerprint density at radius 3 is 2.64 bits per heavy atom. The van der Waals surface area contributed by atoms with Crippen LogP contribution in [-0.4, -0.2) is 35.0 Å². The number of nitrogens with one attached hydrogen (secondary N) is 2. The number of anilines is 2. The molecule has 0 aliphatic heterocycles. The number of aromatic nitrogens is 2. The molecule has 0 bridgehead atoms. The summed E-state index contributed by atoms with van der Waals surface area (Å²) in [6, 6.07) is 6.14. The predicted octanol–water partition coefficient (Wildman–Crippen LogP) is 1.57. The van der Waals surface area contributed by atoms with Crippen molar-refractivity contribution in [1.29, 1.82) is 0 Å². The molecular formula is C12H13N5O3S2. The molecule has 2 aromatic rings. The molecule has 0 aliphatic rings.